The van der Waals surface area contributed by atoms with Gasteiger partial charge in [0.2, 0.25) is 5.95 Å². The van der Waals surface area contributed by atoms with E-state index < -0.39 is 27.8 Å². The molecule has 0 aliphatic rings. The zero-order valence-corrected chi connectivity index (χ0v) is 17.5. The Kier molecular flexibility index (Phi) is 6.56. The van der Waals surface area contributed by atoms with E-state index in [1.165, 1.54) is 25.5 Å². The number of amides is 1. The standard InChI is InChI=1S/C20H20F2N4O4S/c1-30-17-9-13(21)6-7-15(17)18-16(22)10-23-19(25-18)24-14-5-3-4-12(8-14)11-31(2,29)26-20(27)28/h3-10,31H,11H2,1-2H3,(H,26,29)(H,27,28)(H,23,24,25). The van der Waals surface area contributed by atoms with Crippen LogP contribution in [-0.2, 0) is 15.9 Å². The Morgan fingerprint density at radius 3 is 2.74 bits per heavy atom. The van der Waals surface area contributed by atoms with Gasteiger partial charge in [0, 0.05) is 23.1 Å². The predicted octanol–water partition coefficient (Wildman–Crippen LogP) is 4.52. The number of thiol groups is 1. The highest BCUT2D eigenvalue weighted by Crippen LogP contribution is 2.31. The Labute approximate surface area is 177 Å². The molecule has 0 aliphatic carbocycles. The van der Waals surface area contributed by atoms with Gasteiger partial charge in [-0.25, -0.2) is 23.5 Å². The topological polar surface area (TPSA) is 117 Å². The van der Waals surface area contributed by atoms with Crippen molar-refractivity contribution in [1.29, 1.82) is 0 Å². The molecule has 3 N–H and O–H groups in total. The predicted molar refractivity (Wildman–Crippen MR) is 115 cm³/mol. The quantitative estimate of drug-likeness (QED) is 0.408. The van der Waals surface area contributed by atoms with Crippen LogP contribution >= 0.6 is 0 Å². The first-order valence-corrected chi connectivity index (χ1v) is 11.3. The zero-order valence-electron chi connectivity index (χ0n) is 16.6. The molecule has 0 unspecified atom stereocenters. The van der Waals surface area contributed by atoms with Crippen LogP contribution < -0.4 is 10.1 Å². The first kappa shape index (κ1) is 22.2. The number of hydrogen-bond acceptors (Lipinski definition) is 5. The molecule has 1 amide bonds. The first-order valence-electron chi connectivity index (χ1n) is 8.94. The molecule has 0 radical (unpaired) electrons. The number of rotatable bonds is 6. The van der Waals surface area contributed by atoms with E-state index in [0.29, 0.717) is 11.3 Å². The van der Waals surface area contributed by atoms with Gasteiger partial charge in [0.1, 0.15) is 17.3 Å². The van der Waals surface area contributed by atoms with Gasteiger partial charge in [-0.3, -0.25) is 0 Å². The molecule has 1 aromatic heterocycles. The lowest BCUT2D eigenvalue weighted by Gasteiger charge is -2.17. The Morgan fingerprint density at radius 2 is 2.03 bits per heavy atom. The average Bonchev–Trinajstić information content (AvgIpc) is 2.68. The molecule has 164 valence electrons. The number of carbonyl (C=O) groups is 1. The smallest absolute Gasteiger partial charge is 0.437 e. The van der Waals surface area contributed by atoms with Crippen molar-refractivity contribution in [3.63, 3.8) is 0 Å². The van der Waals surface area contributed by atoms with Crippen LogP contribution in [0.15, 0.2) is 53.0 Å². The van der Waals surface area contributed by atoms with Gasteiger partial charge < -0.3 is 19.7 Å². The van der Waals surface area contributed by atoms with Crippen LogP contribution in [0.2, 0.25) is 0 Å². The lowest BCUT2D eigenvalue weighted by molar-refractivity contribution is 0.206. The van der Waals surface area contributed by atoms with Crippen LogP contribution in [0, 0.1) is 11.6 Å². The van der Waals surface area contributed by atoms with E-state index in [2.05, 4.69) is 19.6 Å². The lowest BCUT2D eigenvalue weighted by atomic mass is 10.1. The fourth-order valence-electron chi connectivity index (χ4n) is 2.92. The minimum atomic E-state index is -3.02. The molecule has 11 heteroatoms. The molecular weight excluding hydrogens is 430 g/mol. The van der Waals surface area contributed by atoms with E-state index in [9.17, 15) is 18.1 Å². The molecule has 31 heavy (non-hydrogen) atoms. The monoisotopic (exact) mass is 450 g/mol. The summed E-state index contributed by atoms with van der Waals surface area (Å²) in [4.78, 5) is 18.9. The second kappa shape index (κ2) is 9.14. The van der Waals surface area contributed by atoms with Gasteiger partial charge in [0.05, 0.1) is 13.3 Å². The molecule has 3 aromatic rings. The van der Waals surface area contributed by atoms with Crippen LogP contribution in [0.4, 0.5) is 25.2 Å². The summed E-state index contributed by atoms with van der Waals surface area (Å²) in [5.74, 6) is -0.966. The van der Waals surface area contributed by atoms with Gasteiger partial charge in [0.15, 0.2) is 5.82 Å². The molecule has 1 heterocycles. The Morgan fingerprint density at radius 1 is 1.26 bits per heavy atom. The minimum absolute atomic E-state index is 0.0666. The number of methoxy groups -OCH3 is 1. The van der Waals surface area contributed by atoms with Crippen molar-refractivity contribution in [2.45, 2.75) is 5.75 Å². The molecule has 3 rings (SSSR count). The fourth-order valence-corrected chi connectivity index (χ4v) is 4.25. The van der Waals surface area contributed by atoms with Crippen molar-refractivity contribution in [3.05, 3.63) is 65.9 Å². The summed E-state index contributed by atoms with van der Waals surface area (Å²) in [6.07, 6.45) is 0.961. The summed E-state index contributed by atoms with van der Waals surface area (Å²) in [5.41, 5.74) is 1.38. The van der Waals surface area contributed by atoms with Crippen molar-refractivity contribution in [3.8, 4) is 17.0 Å². The van der Waals surface area contributed by atoms with Gasteiger partial charge in [-0.2, -0.15) is 4.36 Å². The number of halogens is 2. The molecule has 0 atom stereocenters. The highest BCUT2D eigenvalue weighted by Gasteiger charge is 2.15. The number of nitrogens with zero attached hydrogens (tertiary/aromatic N) is 3. The molecule has 0 fully saturated rings. The number of anilines is 2. The third kappa shape index (κ3) is 5.80. The van der Waals surface area contributed by atoms with Gasteiger partial charge in [-0.15, -0.1) is 0 Å². The van der Waals surface area contributed by atoms with Crippen LogP contribution in [0.3, 0.4) is 0 Å². The Hall–Kier alpha value is -3.44. The molecule has 2 aromatic carbocycles. The third-order valence-electron chi connectivity index (χ3n) is 4.13. The van der Waals surface area contributed by atoms with E-state index in [1.807, 2.05) is 0 Å². The van der Waals surface area contributed by atoms with Crippen molar-refractivity contribution >= 4 is 27.8 Å². The Balaban J connectivity index is 1.90. The van der Waals surface area contributed by atoms with E-state index in [0.717, 1.165) is 12.3 Å². The fraction of sp³-hybridized carbons (Fsp3) is 0.150. The van der Waals surface area contributed by atoms with E-state index in [1.54, 1.807) is 24.3 Å². The van der Waals surface area contributed by atoms with Crippen molar-refractivity contribution in [2.75, 3.05) is 18.7 Å². The summed E-state index contributed by atoms with van der Waals surface area (Å²) in [5, 5.41) is 11.7. The molecule has 0 saturated carbocycles. The largest absolute Gasteiger partial charge is 0.496 e. The van der Waals surface area contributed by atoms with Gasteiger partial charge in [-0.1, -0.05) is 22.2 Å². The van der Waals surface area contributed by atoms with Crippen LogP contribution in [-0.4, -0.2) is 39.1 Å². The molecule has 0 bridgehead atoms. The summed E-state index contributed by atoms with van der Waals surface area (Å²) in [6, 6.07) is 10.5. The van der Waals surface area contributed by atoms with Crippen LogP contribution in [0.25, 0.3) is 11.3 Å². The summed E-state index contributed by atoms with van der Waals surface area (Å²) >= 11 is 0. The van der Waals surface area contributed by atoms with Crippen LogP contribution in [0.1, 0.15) is 5.56 Å². The first-order chi connectivity index (χ1) is 14.7. The third-order valence-corrected chi connectivity index (χ3v) is 5.70. The highest BCUT2D eigenvalue weighted by molar-refractivity contribution is 7.98. The summed E-state index contributed by atoms with van der Waals surface area (Å²) in [6.45, 7) is 0. The molecule has 0 saturated heterocycles. The highest BCUT2D eigenvalue weighted by atomic mass is 32.3. The zero-order chi connectivity index (χ0) is 22.6. The maximum Gasteiger partial charge on any atom is 0.437 e. The molecule has 0 aliphatic heterocycles. The van der Waals surface area contributed by atoms with E-state index >= 15 is 0 Å². The van der Waals surface area contributed by atoms with Gasteiger partial charge in [-0.05, 0) is 36.1 Å². The van der Waals surface area contributed by atoms with E-state index in [-0.39, 0.29) is 28.7 Å². The SMILES string of the molecule is COc1cc(F)ccc1-c1nc(Nc2cccc(C[SH](C)(O)=NC(=O)O)c2)ncc1F. The lowest BCUT2D eigenvalue weighted by Crippen LogP contribution is -2.13. The molecule has 8 nitrogen and oxygen atoms in total. The minimum Gasteiger partial charge on any atom is -0.496 e. The molecule has 0 spiro atoms. The number of benzene rings is 2. The average molecular weight is 450 g/mol. The van der Waals surface area contributed by atoms with Crippen LogP contribution in [0.5, 0.6) is 5.75 Å². The number of hydrogen-bond donors (Lipinski definition) is 4. The number of aromatic nitrogens is 2. The van der Waals surface area contributed by atoms with Gasteiger partial charge in [0.25, 0.3) is 0 Å². The molecular formula is C20H20F2N4O4S. The van der Waals surface area contributed by atoms with E-state index in [4.69, 9.17) is 9.84 Å². The summed E-state index contributed by atoms with van der Waals surface area (Å²) < 4.78 is 46.5. The Bertz CT molecular complexity index is 1180. The number of ether oxygens (including phenoxy) is 1. The summed E-state index contributed by atoms with van der Waals surface area (Å²) in [7, 11) is -1.67. The number of nitrogens with one attached hydrogen (secondary N) is 1. The van der Waals surface area contributed by atoms with Crippen molar-refractivity contribution in [1.82, 2.24) is 9.97 Å². The van der Waals surface area contributed by atoms with Crippen molar-refractivity contribution in [2.24, 2.45) is 4.36 Å². The maximum absolute atomic E-state index is 14.4. The van der Waals surface area contributed by atoms with Crippen molar-refractivity contribution < 1.29 is 28.0 Å². The van der Waals surface area contributed by atoms with Gasteiger partial charge >= 0.3 is 6.09 Å². The number of carboxylic acid groups (broad SMARTS) is 1. The maximum atomic E-state index is 14.4. The second-order valence-corrected chi connectivity index (χ2v) is 9.38. The normalized spacial score (nSPS) is 11.6. The second-order valence-electron chi connectivity index (χ2n) is 6.69.